The van der Waals surface area contributed by atoms with Gasteiger partial charge in [-0.3, -0.25) is 4.21 Å². The van der Waals surface area contributed by atoms with E-state index in [9.17, 15) is 30.6 Å². The van der Waals surface area contributed by atoms with Crippen LogP contribution in [0.4, 0.5) is 26.3 Å². The lowest BCUT2D eigenvalue weighted by molar-refractivity contribution is -0.134. The van der Waals surface area contributed by atoms with Gasteiger partial charge in [-0.25, -0.2) is 0 Å². The first-order valence-corrected chi connectivity index (χ1v) is 5.73. The van der Waals surface area contributed by atoms with Crippen LogP contribution < -0.4 is 0 Å². The molecule has 2 atom stereocenters. The van der Waals surface area contributed by atoms with Gasteiger partial charge in [-0.05, 0) is 0 Å². The van der Waals surface area contributed by atoms with Gasteiger partial charge in [0.2, 0.25) is 0 Å². The van der Waals surface area contributed by atoms with Crippen LogP contribution >= 0.6 is 0 Å². The molecule has 0 aliphatic rings. The number of hydrogen-bond donors (Lipinski definition) is 0. The molecule has 0 aromatic heterocycles. The molecule has 1 nitrogen and oxygen atoms in total. The molecule has 2 unspecified atom stereocenters. The lowest BCUT2D eigenvalue weighted by Crippen LogP contribution is -2.29. The largest absolute Gasteiger partial charge is 0.390 e. The number of alkyl halides is 6. The monoisotopic (exact) mass is 270 g/mol. The smallest absolute Gasteiger partial charge is 0.259 e. The lowest BCUT2D eigenvalue weighted by atomic mass is 10.3. The van der Waals surface area contributed by atoms with Crippen molar-refractivity contribution in [1.82, 2.24) is 0 Å². The van der Waals surface area contributed by atoms with E-state index in [-0.39, 0.29) is 0 Å². The Morgan fingerprint density at radius 1 is 0.875 bits per heavy atom. The first-order valence-electron chi connectivity index (χ1n) is 4.45. The summed E-state index contributed by atoms with van der Waals surface area (Å²) in [6.07, 6.45) is -11.7. The van der Waals surface area contributed by atoms with Gasteiger partial charge in [0.1, 0.15) is 0 Å². The highest BCUT2D eigenvalue weighted by molar-refractivity contribution is 7.86. The highest BCUT2D eigenvalue weighted by Crippen LogP contribution is 2.28. The highest BCUT2D eigenvalue weighted by atomic mass is 32.2. The Morgan fingerprint density at radius 3 is 1.31 bits per heavy atom. The standard InChI is InChI=1S/C8H12F6OS/c1-5(3-7(9,10)11)16(15)6(2)4-8(12,13)14/h5-6H,3-4H2,1-2H3. The van der Waals surface area contributed by atoms with E-state index in [1.54, 1.807) is 0 Å². The van der Waals surface area contributed by atoms with Crippen molar-refractivity contribution < 1.29 is 30.6 Å². The molecule has 0 heterocycles. The fraction of sp³-hybridized carbons (Fsp3) is 1.00. The van der Waals surface area contributed by atoms with Gasteiger partial charge >= 0.3 is 12.4 Å². The van der Waals surface area contributed by atoms with E-state index in [1.807, 2.05) is 0 Å². The van der Waals surface area contributed by atoms with E-state index >= 15 is 0 Å². The van der Waals surface area contributed by atoms with Crippen LogP contribution in [-0.4, -0.2) is 27.1 Å². The number of rotatable bonds is 4. The van der Waals surface area contributed by atoms with Crippen molar-refractivity contribution in [2.75, 3.05) is 0 Å². The van der Waals surface area contributed by atoms with Crippen LogP contribution in [0.3, 0.4) is 0 Å². The minimum Gasteiger partial charge on any atom is -0.259 e. The molecule has 0 saturated carbocycles. The van der Waals surface area contributed by atoms with Gasteiger partial charge in [0, 0.05) is 21.3 Å². The molecule has 0 aromatic rings. The molecule has 0 aliphatic carbocycles. The second-order valence-electron chi connectivity index (χ2n) is 3.59. The first kappa shape index (κ1) is 15.7. The van der Waals surface area contributed by atoms with Crippen molar-refractivity contribution in [3.8, 4) is 0 Å². The van der Waals surface area contributed by atoms with Crippen molar-refractivity contribution in [2.45, 2.75) is 49.5 Å². The SMILES string of the molecule is CC(CC(F)(F)F)S(=O)C(C)CC(F)(F)F. The molecule has 16 heavy (non-hydrogen) atoms. The first-order chi connectivity index (χ1) is 6.92. The summed E-state index contributed by atoms with van der Waals surface area (Å²) in [4.78, 5) is 0. The second-order valence-corrected chi connectivity index (χ2v) is 5.85. The molecule has 0 radical (unpaired) electrons. The van der Waals surface area contributed by atoms with E-state index in [1.165, 1.54) is 0 Å². The molecular weight excluding hydrogens is 258 g/mol. The molecule has 8 heteroatoms. The van der Waals surface area contributed by atoms with Gasteiger partial charge in [-0.2, -0.15) is 26.3 Å². The Bertz CT molecular complexity index is 222. The predicted molar refractivity (Wildman–Crippen MR) is 48.4 cm³/mol. The minimum atomic E-state index is -4.51. The summed E-state index contributed by atoms with van der Waals surface area (Å²) in [6.45, 7) is 2.08. The van der Waals surface area contributed by atoms with Gasteiger partial charge in [0.05, 0.1) is 12.8 Å². The maximum Gasteiger partial charge on any atom is 0.390 e. The molecule has 0 aromatic carbocycles. The summed E-state index contributed by atoms with van der Waals surface area (Å²) >= 11 is 0. The maximum absolute atomic E-state index is 11.9. The summed E-state index contributed by atoms with van der Waals surface area (Å²) in [5.74, 6) is 0. The van der Waals surface area contributed by atoms with Crippen LogP contribution in [0.5, 0.6) is 0 Å². The van der Waals surface area contributed by atoms with Crippen molar-refractivity contribution in [1.29, 1.82) is 0 Å². The fourth-order valence-electron chi connectivity index (χ4n) is 1.21. The van der Waals surface area contributed by atoms with E-state index in [0.29, 0.717) is 0 Å². The Morgan fingerprint density at radius 2 is 1.12 bits per heavy atom. The quantitative estimate of drug-likeness (QED) is 0.715. The predicted octanol–water partition coefficient (Wildman–Crippen LogP) is 3.42. The molecule has 0 saturated heterocycles. The van der Waals surface area contributed by atoms with Crippen LogP contribution in [0, 0.1) is 0 Å². The third kappa shape index (κ3) is 7.08. The molecule has 0 aliphatic heterocycles. The topological polar surface area (TPSA) is 17.1 Å². The van der Waals surface area contributed by atoms with Crippen LogP contribution in [0.2, 0.25) is 0 Å². The van der Waals surface area contributed by atoms with Crippen LogP contribution in [0.15, 0.2) is 0 Å². The number of hydrogen-bond acceptors (Lipinski definition) is 1. The van der Waals surface area contributed by atoms with Crippen LogP contribution in [0.25, 0.3) is 0 Å². The maximum atomic E-state index is 11.9. The van der Waals surface area contributed by atoms with Gasteiger partial charge in [0.25, 0.3) is 0 Å². The second kappa shape index (κ2) is 5.37. The third-order valence-electron chi connectivity index (χ3n) is 1.83. The van der Waals surface area contributed by atoms with Gasteiger partial charge < -0.3 is 0 Å². The zero-order chi connectivity index (χ0) is 13.1. The average molecular weight is 270 g/mol. The van der Waals surface area contributed by atoms with E-state index < -0.39 is 46.5 Å². The minimum absolute atomic E-state index is 1.04. The Kier molecular flexibility index (Phi) is 5.28. The Hall–Kier alpha value is -0.270. The van der Waals surface area contributed by atoms with Crippen LogP contribution in [-0.2, 0) is 10.8 Å². The van der Waals surface area contributed by atoms with Crippen molar-refractivity contribution in [2.24, 2.45) is 0 Å². The molecular formula is C8H12F6OS. The fourth-order valence-corrected chi connectivity index (χ4v) is 2.71. The Labute approximate surface area is 91.7 Å². The van der Waals surface area contributed by atoms with E-state index in [0.717, 1.165) is 13.8 Å². The highest BCUT2D eigenvalue weighted by Gasteiger charge is 2.37. The Balaban J connectivity index is 4.34. The van der Waals surface area contributed by atoms with Gasteiger partial charge in [-0.15, -0.1) is 0 Å². The van der Waals surface area contributed by atoms with E-state index in [4.69, 9.17) is 0 Å². The lowest BCUT2D eigenvalue weighted by Gasteiger charge is -2.19. The third-order valence-corrected chi connectivity index (χ3v) is 3.75. The van der Waals surface area contributed by atoms with Gasteiger partial charge in [0.15, 0.2) is 0 Å². The molecule has 0 bridgehead atoms. The zero-order valence-electron chi connectivity index (χ0n) is 8.65. The van der Waals surface area contributed by atoms with Crippen molar-refractivity contribution >= 4 is 10.8 Å². The molecule has 0 spiro atoms. The van der Waals surface area contributed by atoms with Crippen molar-refractivity contribution in [3.05, 3.63) is 0 Å². The van der Waals surface area contributed by atoms with Crippen molar-refractivity contribution in [3.63, 3.8) is 0 Å². The summed E-state index contributed by atoms with van der Waals surface area (Å²) in [5, 5.41) is -2.64. The normalized spacial score (nSPS) is 19.2. The van der Waals surface area contributed by atoms with Crippen LogP contribution in [0.1, 0.15) is 26.7 Å². The zero-order valence-corrected chi connectivity index (χ0v) is 9.47. The van der Waals surface area contributed by atoms with E-state index in [2.05, 4.69) is 0 Å². The summed E-state index contributed by atoms with van der Waals surface area (Å²) in [5.41, 5.74) is 0. The molecule has 0 fully saturated rings. The number of halogens is 6. The molecule has 98 valence electrons. The molecule has 0 N–H and O–H groups in total. The summed E-state index contributed by atoms with van der Waals surface area (Å²) in [7, 11) is -2.14. The molecule has 0 rings (SSSR count). The molecule has 0 amide bonds. The summed E-state index contributed by atoms with van der Waals surface area (Å²) in [6, 6.07) is 0. The summed E-state index contributed by atoms with van der Waals surface area (Å²) < 4.78 is 82.8. The average Bonchev–Trinajstić information content (AvgIpc) is 1.96. The van der Waals surface area contributed by atoms with Gasteiger partial charge in [-0.1, -0.05) is 13.8 Å².